The van der Waals surface area contributed by atoms with Crippen LogP contribution in [0.1, 0.15) is 0 Å². The van der Waals surface area contributed by atoms with Gasteiger partial charge in [-0.3, -0.25) is 4.90 Å². The fourth-order valence-electron chi connectivity index (χ4n) is 4.12. The molecule has 0 aliphatic heterocycles. The van der Waals surface area contributed by atoms with Crippen LogP contribution in [0.25, 0.3) is 32.0 Å². The number of thiazole rings is 1. The molecule has 0 amide bonds. The molecule has 0 atom stereocenters. The summed E-state index contributed by atoms with van der Waals surface area (Å²) in [6, 6.07) is 12.3. The number of ether oxygens (including phenoxy) is 2. The topological polar surface area (TPSA) is 211 Å². The summed E-state index contributed by atoms with van der Waals surface area (Å²) in [7, 11) is 0. The Hall–Kier alpha value is 1.82. The average molecular weight is 754 g/mol. The third-order valence-electron chi connectivity index (χ3n) is 5.83. The second kappa shape index (κ2) is 24.1. The van der Waals surface area contributed by atoms with Crippen LogP contribution in [0.5, 0.6) is 5.75 Å². The largest absolute Gasteiger partial charge is 1.00 e. The molecule has 14 nitrogen and oxygen atoms in total. The van der Waals surface area contributed by atoms with Gasteiger partial charge in [-0.25, -0.2) is 4.98 Å². The van der Waals surface area contributed by atoms with Crippen LogP contribution in [0, 0.1) is 0 Å². The van der Waals surface area contributed by atoms with Crippen LogP contribution < -0.4 is 236 Å². The van der Waals surface area contributed by atoms with E-state index in [1.165, 1.54) is 17.4 Å². The SMILES string of the molecule is O=C([O-])CN(CCOCCOc1cc2cc(-c3nc4ccccc4s3)oc2cc1N(CC(=O)[O-])CC(=O)[O-])CC(=O)[O-].[K+].[K+].[K+].[K+]. The molecule has 19 heteroatoms. The van der Waals surface area contributed by atoms with E-state index < -0.39 is 50.1 Å². The predicted octanol–water partition coefficient (Wildman–Crippen LogP) is -14.8. The van der Waals surface area contributed by atoms with Gasteiger partial charge in [0.15, 0.2) is 10.8 Å². The number of aromatic nitrogens is 1. The summed E-state index contributed by atoms with van der Waals surface area (Å²) < 4.78 is 18.2. The zero-order chi connectivity index (χ0) is 30.2. The van der Waals surface area contributed by atoms with Crippen LogP contribution in [-0.4, -0.2) is 86.3 Å². The molecule has 0 radical (unpaired) electrons. The van der Waals surface area contributed by atoms with Crippen molar-refractivity contribution >= 4 is 62.1 Å². The average Bonchev–Trinajstić information content (AvgIpc) is 3.52. The second-order valence-corrected chi connectivity index (χ2v) is 10.0. The van der Waals surface area contributed by atoms with E-state index in [9.17, 15) is 39.6 Å². The van der Waals surface area contributed by atoms with E-state index in [-0.39, 0.29) is 243 Å². The number of furan rings is 1. The van der Waals surface area contributed by atoms with Crippen LogP contribution in [0.2, 0.25) is 0 Å². The zero-order valence-corrected chi connectivity index (χ0v) is 39.2. The van der Waals surface area contributed by atoms with Crippen molar-refractivity contribution in [2.24, 2.45) is 0 Å². The van der Waals surface area contributed by atoms with Crippen molar-refractivity contribution in [3.05, 3.63) is 42.5 Å². The van der Waals surface area contributed by atoms with E-state index in [2.05, 4.69) is 4.98 Å². The normalized spacial score (nSPS) is 10.3. The monoisotopic (exact) mass is 753 g/mol. The van der Waals surface area contributed by atoms with Crippen molar-refractivity contribution in [1.82, 2.24) is 9.88 Å². The number of carbonyl (C=O) groups is 4. The van der Waals surface area contributed by atoms with Crippen LogP contribution in [0.3, 0.4) is 0 Å². The van der Waals surface area contributed by atoms with Gasteiger partial charge in [-0.2, -0.15) is 0 Å². The van der Waals surface area contributed by atoms with Crippen molar-refractivity contribution in [2.75, 3.05) is 57.4 Å². The van der Waals surface area contributed by atoms with Gasteiger partial charge in [0.1, 0.15) is 17.9 Å². The molecule has 2 aromatic heterocycles. The maximum Gasteiger partial charge on any atom is 1.00 e. The van der Waals surface area contributed by atoms with Crippen molar-refractivity contribution in [3.8, 4) is 16.5 Å². The number of aliphatic carboxylic acids is 4. The summed E-state index contributed by atoms with van der Waals surface area (Å²) in [5, 5.41) is 45.6. The molecule has 0 aliphatic rings. The van der Waals surface area contributed by atoms with E-state index in [0.29, 0.717) is 21.7 Å². The maximum atomic E-state index is 11.4. The molecule has 46 heavy (non-hydrogen) atoms. The third-order valence-corrected chi connectivity index (χ3v) is 6.88. The number of fused-ring (bicyclic) bond motifs is 2. The number of hydrogen-bond acceptors (Lipinski definition) is 15. The van der Waals surface area contributed by atoms with Crippen molar-refractivity contribution < 1.29 is 259 Å². The molecule has 0 fully saturated rings. The Morgan fingerprint density at radius 1 is 0.783 bits per heavy atom. The number of carbonyl (C=O) groups excluding carboxylic acids is 4. The Morgan fingerprint density at radius 2 is 1.39 bits per heavy atom. The number of para-hydroxylation sites is 1. The van der Waals surface area contributed by atoms with Gasteiger partial charge >= 0.3 is 206 Å². The first-order valence-electron chi connectivity index (χ1n) is 12.5. The molecule has 0 saturated carbocycles. The number of benzene rings is 2. The van der Waals surface area contributed by atoms with Gasteiger partial charge in [0.2, 0.25) is 0 Å². The molecule has 4 rings (SSSR count). The Labute approximate surface area is 437 Å². The van der Waals surface area contributed by atoms with E-state index in [1.807, 2.05) is 24.3 Å². The minimum absolute atomic E-state index is 0. The van der Waals surface area contributed by atoms with Gasteiger partial charge < -0.3 is 58.4 Å². The molecule has 0 spiro atoms. The summed E-state index contributed by atoms with van der Waals surface area (Å²) >= 11 is 1.42. The Balaban J connectivity index is 0.00000506. The minimum Gasteiger partial charge on any atom is -0.549 e. The van der Waals surface area contributed by atoms with Crippen LogP contribution in [0.15, 0.2) is 46.9 Å². The van der Waals surface area contributed by atoms with Gasteiger partial charge in [-0.15, -0.1) is 11.3 Å². The molecule has 0 aliphatic carbocycles. The molecule has 2 aromatic carbocycles. The fraction of sp³-hybridized carbons (Fsp3) is 0.296. The maximum absolute atomic E-state index is 11.4. The first-order valence-corrected chi connectivity index (χ1v) is 13.3. The van der Waals surface area contributed by atoms with E-state index in [4.69, 9.17) is 13.9 Å². The molecule has 0 N–H and O–H groups in total. The van der Waals surface area contributed by atoms with Crippen LogP contribution in [-0.2, 0) is 23.9 Å². The summed E-state index contributed by atoms with van der Waals surface area (Å²) in [5.41, 5.74) is 1.21. The van der Waals surface area contributed by atoms with E-state index >= 15 is 0 Å². The summed E-state index contributed by atoms with van der Waals surface area (Å²) in [4.78, 5) is 51.0. The molecule has 2 heterocycles. The van der Waals surface area contributed by atoms with Gasteiger partial charge in [0, 0.05) is 31.1 Å². The quantitative estimate of drug-likeness (QED) is 0.0724. The first-order chi connectivity index (χ1) is 20.1. The zero-order valence-electron chi connectivity index (χ0n) is 25.9. The van der Waals surface area contributed by atoms with Crippen LogP contribution in [0.4, 0.5) is 5.69 Å². The van der Waals surface area contributed by atoms with Gasteiger partial charge in [0.25, 0.3) is 0 Å². The van der Waals surface area contributed by atoms with E-state index in [1.54, 1.807) is 12.1 Å². The Bertz CT molecular complexity index is 1550. The number of carboxylic acid groups (broad SMARTS) is 4. The van der Waals surface area contributed by atoms with Gasteiger partial charge in [-0.1, -0.05) is 12.1 Å². The van der Waals surface area contributed by atoms with Crippen molar-refractivity contribution in [1.29, 1.82) is 0 Å². The van der Waals surface area contributed by atoms with Crippen molar-refractivity contribution in [2.45, 2.75) is 0 Å². The summed E-state index contributed by atoms with van der Waals surface area (Å²) in [5.74, 6) is -5.39. The number of carboxylic acids is 4. The molecular weight excluding hydrogens is 731 g/mol. The second-order valence-electron chi connectivity index (χ2n) is 8.97. The predicted molar refractivity (Wildman–Crippen MR) is 140 cm³/mol. The summed E-state index contributed by atoms with van der Waals surface area (Å²) in [6.07, 6.45) is 0. The van der Waals surface area contributed by atoms with Gasteiger partial charge in [-0.05, 0) is 24.3 Å². The molecule has 222 valence electrons. The number of hydrogen-bond donors (Lipinski definition) is 0. The molecule has 0 saturated heterocycles. The summed E-state index contributed by atoms with van der Waals surface area (Å²) in [6.45, 7) is -2.95. The fourth-order valence-corrected chi connectivity index (χ4v) is 5.04. The van der Waals surface area contributed by atoms with Crippen LogP contribution >= 0.6 is 11.3 Å². The number of anilines is 1. The molecule has 0 bridgehead atoms. The Morgan fingerprint density at radius 3 is 1.98 bits per heavy atom. The number of nitrogens with zero attached hydrogens (tertiary/aromatic N) is 3. The molecule has 0 unspecified atom stereocenters. The van der Waals surface area contributed by atoms with E-state index in [0.717, 1.165) is 20.0 Å². The first kappa shape index (κ1) is 47.8. The third kappa shape index (κ3) is 15.2. The molecule has 4 aromatic rings. The van der Waals surface area contributed by atoms with Crippen molar-refractivity contribution in [3.63, 3.8) is 0 Å². The standard InChI is InChI=1S/C27H27N3O11S.4K/c31-23(32)12-29(13-24(33)34)5-6-39-7-8-40-20-9-16-10-21(27-28-17-3-1-2-4-22(17)42-27)41-19(16)11-18(20)30(14-25(35)36)15-26(37)38;;;;/h1-4,9-11H,5-8,12-15H2,(H,31,32)(H,33,34)(H,35,36)(H,37,38);;;;/q;4*+1/p-4. The molecular formula is C27H23K4N3O11S. The van der Waals surface area contributed by atoms with Gasteiger partial charge in [0.05, 0.1) is 66.1 Å². The number of rotatable bonds is 17. The Kier molecular flexibility index (Phi) is 25.1. The smallest absolute Gasteiger partial charge is 0.549 e. The minimum atomic E-state index is -1.53.